The third-order valence-corrected chi connectivity index (χ3v) is 6.13. The normalized spacial score (nSPS) is 27.1. The molecule has 2 saturated heterocycles. The second kappa shape index (κ2) is 5.98. The van der Waals surface area contributed by atoms with Crippen LogP contribution in [-0.4, -0.2) is 45.4 Å². The summed E-state index contributed by atoms with van der Waals surface area (Å²) in [6.07, 6.45) is 1.71. The number of rotatable bonds is 2. The number of nitro benzene ring substituents is 1. The van der Waals surface area contributed by atoms with Crippen molar-refractivity contribution in [1.82, 2.24) is 10.2 Å². The third kappa shape index (κ3) is 2.37. The molecule has 3 aliphatic heterocycles. The van der Waals surface area contributed by atoms with Crippen molar-refractivity contribution in [3.63, 3.8) is 0 Å². The molecule has 0 aromatic heterocycles. The van der Waals surface area contributed by atoms with E-state index in [9.17, 15) is 19.7 Å². The van der Waals surface area contributed by atoms with E-state index in [4.69, 9.17) is 12.2 Å². The summed E-state index contributed by atoms with van der Waals surface area (Å²) < 4.78 is 0. The molecule has 0 radical (unpaired) electrons. The highest BCUT2D eigenvalue weighted by Gasteiger charge is 2.62. The van der Waals surface area contributed by atoms with Crippen LogP contribution in [0.2, 0.25) is 0 Å². The van der Waals surface area contributed by atoms with Crippen LogP contribution in [0.4, 0.5) is 11.4 Å². The molecule has 0 bridgehead atoms. The molecule has 2 amide bonds. The number of carbonyl (C=O) groups excluding carboxylic acids is 2. The Bertz CT molecular complexity index is 886. The molecule has 1 aromatic rings. The van der Waals surface area contributed by atoms with Crippen molar-refractivity contribution in [2.75, 3.05) is 11.4 Å². The van der Waals surface area contributed by atoms with Crippen molar-refractivity contribution in [2.24, 2.45) is 5.41 Å². The number of amides is 2. The van der Waals surface area contributed by atoms with Gasteiger partial charge in [-0.15, -0.1) is 0 Å². The van der Waals surface area contributed by atoms with Gasteiger partial charge in [0.25, 0.3) is 5.69 Å². The van der Waals surface area contributed by atoms with E-state index in [0.717, 1.165) is 12.1 Å². The molecular formula is C18H20N4O4S. The number of benzene rings is 1. The number of fused-ring (bicyclic) bond motifs is 4. The summed E-state index contributed by atoms with van der Waals surface area (Å²) in [4.78, 5) is 41.0. The Morgan fingerprint density at radius 2 is 2.11 bits per heavy atom. The molecule has 1 N–H and O–H groups in total. The van der Waals surface area contributed by atoms with Gasteiger partial charge in [-0.05, 0) is 50.5 Å². The fourth-order valence-electron chi connectivity index (χ4n) is 4.68. The zero-order valence-electron chi connectivity index (χ0n) is 15.1. The maximum absolute atomic E-state index is 13.6. The molecule has 4 rings (SSSR count). The second-order valence-electron chi connectivity index (χ2n) is 7.60. The van der Waals surface area contributed by atoms with Gasteiger partial charge in [0.2, 0.25) is 11.8 Å². The maximum atomic E-state index is 13.6. The Morgan fingerprint density at radius 1 is 1.37 bits per heavy atom. The van der Waals surface area contributed by atoms with E-state index in [1.165, 1.54) is 17.0 Å². The summed E-state index contributed by atoms with van der Waals surface area (Å²) in [5, 5.41) is 14.1. The molecule has 8 nitrogen and oxygen atoms in total. The highest BCUT2D eigenvalue weighted by atomic mass is 32.1. The van der Waals surface area contributed by atoms with Crippen LogP contribution < -0.4 is 10.2 Å². The van der Waals surface area contributed by atoms with Crippen molar-refractivity contribution in [1.29, 1.82) is 0 Å². The fourth-order valence-corrected chi connectivity index (χ4v) is 5.07. The molecule has 3 heterocycles. The number of anilines is 1. The lowest BCUT2D eigenvalue weighted by atomic mass is 9.68. The van der Waals surface area contributed by atoms with E-state index in [-0.39, 0.29) is 35.2 Å². The minimum atomic E-state index is -1.31. The lowest BCUT2D eigenvalue weighted by molar-refractivity contribution is -0.384. The molecule has 2 atom stereocenters. The highest BCUT2D eigenvalue weighted by Crippen LogP contribution is 2.49. The average molecular weight is 388 g/mol. The molecule has 1 spiro atoms. The number of carbonyl (C=O) groups is 2. The summed E-state index contributed by atoms with van der Waals surface area (Å²) in [5.74, 6) is -0.705. The third-order valence-electron chi connectivity index (χ3n) is 5.84. The van der Waals surface area contributed by atoms with Gasteiger partial charge in [-0.25, -0.2) is 0 Å². The smallest absolute Gasteiger partial charge is 0.269 e. The zero-order chi connectivity index (χ0) is 19.5. The van der Waals surface area contributed by atoms with Crippen molar-refractivity contribution < 1.29 is 14.5 Å². The van der Waals surface area contributed by atoms with Crippen LogP contribution in [0.25, 0.3) is 0 Å². The van der Waals surface area contributed by atoms with Gasteiger partial charge in [0.1, 0.15) is 0 Å². The van der Waals surface area contributed by atoms with Gasteiger partial charge in [0, 0.05) is 36.8 Å². The first kappa shape index (κ1) is 17.8. The Morgan fingerprint density at radius 3 is 2.78 bits per heavy atom. The van der Waals surface area contributed by atoms with Crippen molar-refractivity contribution in [3.05, 3.63) is 33.9 Å². The number of hydrogen-bond acceptors (Lipinski definition) is 6. The molecule has 3 aliphatic rings. The molecule has 142 valence electrons. The lowest BCUT2D eigenvalue weighted by Crippen LogP contribution is -2.72. The molecule has 2 unspecified atom stereocenters. The Balaban J connectivity index is 1.88. The van der Waals surface area contributed by atoms with Gasteiger partial charge in [-0.1, -0.05) is 0 Å². The van der Waals surface area contributed by atoms with Gasteiger partial charge < -0.3 is 10.2 Å². The van der Waals surface area contributed by atoms with Gasteiger partial charge in [-0.3, -0.25) is 24.6 Å². The quantitative estimate of drug-likeness (QED) is 0.359. The van der Waals surface area contributed by atoms with Crippen molar-refractivity contribution in [2.45, 2.75) is 45.2 Å². The summed E-state index contributed by atoms with van der Waals surface area (Å²) in [5.41, 5.74) is 0.174. The number of thiocarbonyl (C=S) groups is 1. The summed E-state index contributed by atoms with van der Waals surface area (Å²) >= 11 is 5.23. The first-order chi connectivity index (χ1) is 12.8. The topological polar surface area (TPSA) is 95.8 Å². The number of nitro groups is 1. The van der Waals surface area contributed by atoms with E-state index in [1.807, 2.05) is 13.8 Å². The highest BCUT2D eigenvalue weighted by molar-refractivity contribution is 7.80. The van der Waals surface area contributed by atoms with Crippen molar-refractivity contribution in [3.8, 4) is 0 Å². The Labute approximate surface area is 161 Å². The summed E-state index contributed by atoms with van der Waals surface area (Å²) in [7, 11) is 0. The first-order valence-electron chi connectivity index (χ1n) is 9.00. The van der Waals surface area contributed by atoms with E-state index >= 15 is 0 Å². The monoisotopic (exact) mass is 388 g/mol. The van der Waals surface area contributed by atoms with Crippen LogP contribution in [0.15, 0.2) is 18.2 Å². The SMILES string of the molecule is CC(C)N1C(=O)C2(Cc3cc([N+](=O)[O-])ccc3N3CCCC32)C(=O)NC1=S. The van der Waals surface area contributed by atoms with Gasteiger partial charge >= 0.3 is 0 Å². The van der Waals surface area contributed by atoms with Gasteiger partial charge in [-0.2, -0.15) is 0 Å². The molecule has 1 aromatic carbocycles. The van der Waals surface area contributed by atoms with Gasteiger partial charge in [0.05, 0.1) is 11.0 Å². The standard InChI is InChI=1S/C18H20N4O4S/c1-10(2)21-16(24)18(15(23)19-17(21)27)9-11-8-12(22(25)26)5-6-13(11)20-7-3-4-14(18)20/h5-6,8,10,14H,3-4,7,9H2,1-2H3,(H,19,23,27). The molecular weight excluding hydrogens is 368 g/mol. The number of non-ortho nitro benzene ring substituents is 1. The van der Waals surface area contributed by atoms with Crippen LogP contribution >= 0.6 is 12.2 Å². The molecule has 2 fully saturated rings. The number of hydrogen-bond donors (Lipinski definition) is 1. The minimum Gasteiger partial charge on any atom is -0.367 e. The Hall–Kier alpha value is -2.55. The van der Waals surface area contributed by atoms with Gasteiger partial charge in [0.15, 0.2) is 10.5 Å². The van der Waals surface area contributed by atoms with Crippen LogP contribution in [0.1, 0.15) is 32.3 Å². The van der Waals surface area contributed by atoms with Crippen LogP contribution in [0.5, 0.6) is 0 Å². The van der Waals surface area contributed by atoms with Crippen LogP contribution in [0.3, 0.4) is 0 Å². The molecule has 0 saturated carbocycles. The average Bonchev–Trinajstić information content (AvgIpc) is 3.09. The molecule has 9 heteroatoms. The van der Waals surface area contributed by atoms with E-state index in [0.29, 0.717) is 18.5 Å². The molecule has 27 heavy (non-hydrogen) atoms. The fraction of sp³-hybridized carbons (Fsp3) is 0.500. The number of nitrogens with one attached hydrogen (secondary N) is 1. The van der Waals surface area contributed by atoms with E-state index in [2.05, 4.69) is 10.2 Å². The molecule has 0 aliphatic carbocycles. The zero-order valence-corrected chi connectivity index (χ0v) is 15.9. The first-order valence-corrected chi connectivity index (χ1v) is 9.41. The second-order valence-corrected chi connectivity index (χ2v) is 7.98. The Kier molecular flexibility index (Phi) is 3.95. The van der Waals surface area contributed by atoms with Crippen LogP contribution in [0, 0.1) is 15.5 Å². The largest absolute Gasteiger partial charge is 0.367 e. The number of nitrogens with zero attached hydrogens (tertiary/aromatic N) is 3. The maximum Gasteiger partial charge on any atom is 0.269 e. The minimum absolute atomic E-state index is 0.0403. The van der Waals surface area contributed by atoms with Crippen molar-refractivity contribution >= 4 is 40.5 Å². The summed E-state index contributed by atoms with van der Waals surface area (Å²) in [6, 6.07) is 4.23. The predicted octanol–water partition coefficient (Wildman–Crippen LogP) is 1.76. The lowest BCUT2D eigenvalue weighted by Gasteiger charge is -2.50. The summed E-state index contributed by atoms with van der Waals surface area (Å²) in [6.45, 7) is 4.41. The predicted molar refractivity (Wildman–Crippen MR) is 102 cm³/mol. The van der Waals surface area contributed by atoms with Crippen LogP contribution in [-0.2, 0) is 16.0 Å². The van der Waals surface area contributed by atoms with E-state index < -0.39 is 16.2 Å². The van der Waals surface area contributed by atoms with E-state index in [1.54, 1.807) is 6.07 Å².